The van der Waals surface area contributed by atoms with Crippen LogP contribution in [0.4, 0.5) is 0 Å². The van der Waals surface area contributed by atoms with Gasteiger partial charge in [0, 0.05) is 0 Å². The maximum atomic E-state index is 2.39. The summed E-state index contributed by atoms with van der Waals surface area (Å²) in [5.74, 6) is 0. The molecule has 0 aliphatic rings. The highest BCUT2D eigenvalue weighted by Crippen LogP contribution is 2.43. The molecule has 9 aromatic carbocycles. The molecule has 0 saturated carbocycles. The lowest BCUT2D eigenvalue weighted by molar-refractivity contribution is 1.62. The van der Waals surface area contributed by atoms with E-state index in [9.17, 15) is 0 Å². The van der Waals surface area contributed by atoms with Crippen molar-refractivity contribution in [1.82, 2.24) is 0 Å². The van der Waals surface area contributed by atoms with Crippen LogP contribution in [0.15, 0.2) is 182 Å². The van der Waals surface area contributed by atoms with Crippen LogP contribution >= 0.6 is 0 Å². The molecular weight excluding hydrogens is 553 g/mol. The van der Waals surface area contributed by atoms with Crippen LogP contribution < -0.4 is 0 Å². The van der Waals surface area contributed by atoms with Crippen molar-refractivity contribution in [2.75, 3.05) is 0 Å². The van der Waals surface area contributed by atoms with E-state index in [2.05, 4.69) is 182 Å². The first-order valence-corrected chi connectivity index (χ1v) is 15.9. The molecule has 0 amide bonds. The van der Waals surface area contributed by atoms with Gasteiger partial charge in [-0.25, -0.2) is 0 Å². The third-order valence-electron chi connectivity index (χ3n) is 9.42. The largest absolute Gasteiger partial charge is 0.0622 e. The summed E-state index contributed by atoms with van der Waals surface area (Å²) in [6.45, 7) is 0. The molecule has 0 spiro atoms. The maximum Gasteiger partial charge on any atom is -0.00206 e. The summed E-state index contributed by atoms with van der Waals surface area (Å²) in [5.41, 5.74) is 9.95. The van der Waals surface area contributed by atoms with E-state index in [1.54, 1.807) is 0 Å². The van der Waals surface area contributed by atoms with Crippen molar-refractivity contribution in [1.29, 1.82) is 0 Å². The Morgan fingerprint density at radius 1 is 0.217 bits per heavy atom. The van der Waals surface area contributed by atoms with Crippen molar-refractivity contribution < 1.29 is 0 Å². The van der Waals surface area contributed by atoms with Gasteiger partial charge < -0.3 is 0 Å². The molecule has 0 aromatic heterocycles. The molecule has 0 radical (unpaired) electrons. The van der Waals surface area contributed by atoms with Gasteiger partial charge in [0.2, 0.25) is 0 Å². The SMILES string of the molecule is c1ccc(-c2cccc3c(-c4cccc(-c5cc6ccccc6c6c(-c7ccccc7)cccc56)c4)cc4ccccc4c23)cc1. The number of hydrogen-bond acceptors (Lipinski definition) is 0. The molecule has 9 aromatic rings. The second kappa shape index (κ2) is 10.9. The molecule has 9 rings (SSSR count). The van der Waals surface area contributed by atoms with E-state index in [0.717, 1.165) is 0 Å². The van der Waals surface area contributed by atoms with Crippen LogP contribution in [0, 0.1) is 0 Å². The molecule has 0 N–H and O–H groups in total. The molecule has 0 unspecified atom stereocenters. The quantitative estimate of drug-likeness (QED) is 0.181. The van der Waals surface area contributed by atoms with Crippen LogP contribution in [0.1, 0.15) is 0 Å². The van der Waals surface area contributed by atoms with E-state index < -0.39 is 0 Å². The monoisotopic (exact) mass is 582 g/mol. The Bertz CT molecular complexity index is 2380. The lowest BCUT2D eigenvalue weighted by atomic mass is 9.86. The molecule has 0 fully saturated rings. The van der Waals surface area contributed by atoms with Gasteiger partial charge in [-0.15, -0.1) is 0 Å². The van der Waals surface area contributed by atoms with Gasteiger partial charge in [0.15, 0.2) is 0 Å². The van der Waals surface area contributed by atoms with Crippen LogP contribution in [-0.4, -0.2) is 0 Å². The van der Waals surface area contributed by atoms with Crippen LogP contribution in [0.2, 0.25) is 0 Å². The van der Waals surface area contributed by atoms with E-state index in [0.29, 0.717) is 0 Å². The standard InChI is InChI=1S/C46H30/c1-3-14-31(15-4-1)37-24-12-26-41-43(29-35-18-7-9-22-39(35)45(37)41)33-20-11-21-34(28-33)44-30-36-19-8-10-23-40(36)46-38(25-13-27-42(44)46)32-16-5-2-6-17-32/h1-30H. The summed E-state index contributed by atoms with van der Waals surface area (Å²) < 4.78 is 0. The van der Waals surface area contributed by atoms with Gasteiger partial charge in [-0.1, -0.05) is 164 Å². The predicted molar refractivity (Wildman–Crippen MR) is 198 cm³/mol. The number of hydrogen-bond donors (Lipinski definition) is 0. The smallest absolute Gasteiger partial charge is 0.00206 e. The zero-order valence-corrected chi connectivity index (χ0v) is 25.3. The fourth-order valence-corrected chi connectivity index (χ4v) is 7.35. The van der Waals surface area contributed by atoms with Gasteiger partial charge in [0.05, 0.1) is 0 Å². The molecule has 0 aliphatic heterocycles. The topological polar surface area (TPSA) is 0 Å². The second-order valence-corrected chi connectivity index (χ2v) is 12.1. The van der Waals surface area contributed by atoms with Crippen molar-refractivity contribution in [3.63, 3.8) is 0 Å². The summed E-state index contributed by atoms with van der Waals surface area (Å²) >= 11 is 0. The van der Waals surface area contributed by atoms with Gasteiger partial charge in [-0.2, -0.15) is 0 Å². The molecule has 0 atom stereocenters. The van der Waals surface area contributed by atoms with Crippen LogP contribution in [0.5, 0.6) is 0 Å². The van der Waals surface area contributed by atoms with Gasteiger partial charge in [0.25, 0.3) is 0 Å². The minimum Gasteiger partial charge on any atom is -0.0622 e. The number of rotatable bonds is 4. The Labute approximate surface area is 268 Å². The second-order valence-electron chi connectivity index (χ2n) is 12.1. The van der Waals surface area contributed by atoms with Gasteiger partial charge in [-0.3, -0.25) is 0 Å². The third kappa shape index (κ3) is 4.30. The van der Waals surface area contributed by atoms with Crippen LogP contribution in [0.3, 0.4) is 0 Å². The molecule has 0 saturated heterocycles. The summed E-state index contributed by atoms with van der Waals surface area (Å²) in [6, 6.07) is 66.5. The fraction of sp³-hybridized carbons (Fsp3) is 0. The summed E-state index contributed by atoms with van der Waals surface area (Å²) in [5, 5.41) is 10.2. The Morgan fingerprint density at radius 2 is 0.587 bits per heavy atom. The normalized spacial score (nSPS) is 11.5. The van der Waals surface area contributed by atoms with Crippen molar-refractivity contribution in [3.8, 4) is 44.5 Å². The highest BCUT2D eigenvalue weighted by Gasteiger charge is 2.16. The van der Waals surface area contributed by atoms with Crippen molar-refractivity contribution in [2.24, 2.45) is 0 Å². The molecular formula is C46H30. The highest BCUT2D eigenvalue weighted by atomic mass is 14.2. The molecule has 46 heavy (non-hydrogen) atoms. The first-order chi connectivity index (χ1) is 22.8. The van der Waals surface area contributed by atoms with E-state index in [-0.39, 0.29) is 0 Å². The van der Waals surface area contributed by atoms with Crippen LogP contribution in [0.25, 0.3) is 87.6 Å². The summed E-state index contributed by atoms with van der Waals surface area (Å²) in [4.78, 5) is 0. The maximum absolute atomic E-state index is 2.39. The zero-order chi connectivity index (χ0) is 30.5. The highest BCUT2D eigenvalue weighted by molar-refractivity contribution is 6.21. The number of benzene rings is 9. The Morgan fingerprint density at radius 3 is 1.07 bits per heavy atom. The first-order valence-electron chi connectivity index (χ1n) is 15.9. The Hall–Kier alpha value is -5.98. The van der Waals surface area contributed by atoms with Crippen LogP contribution in [-0.2, 0) is 0 Å². The molecule has 214 valence electrons. The first kappa shape index (κ1) is 26.4. The van der Waals surface area contributed by atoms with E-state index in [1.165, 1.54) is 87.6 Å². The Kier molecular flexibility index (Phi) is 6.25. The average Bonchev–Trinajstić information content (AvgIpc) is 3.14. The summed E-state index contributed by atoms with van der Waals surface area (Å²) in [6.07, 6.45) is 0. The van der Waals surface area contributed by atoms with Gasteiger partial charge in [-0.05, 0) is 106 Å². The minimum absolute atomic E-state index is 1.22. The predicted octanol–water partition coefficient (Wildman–Crippen LogP) is 13.0. The lowest BCUT2D eigenvalue weighted by Crippen LogP contribution is -1.90. The molecule has 0 heteroatoms. The van der Waals surface area contributed by atoms with Gasteiger partial charge >= 0.3 is 0 Å². The zero-order valence-electron chi connectivity index (χ0n) is 25.3. The van der Waals surface area contributed by atoms with E-state index in [1.807, 2.05) is 0 Å². The molecule has 0 bridgehead atoms. The molecule has 0 aliphatic carbocycles. The lowest BCUT2D eigenvalue weighted by Gasteiger charge is -2.17. The average molecular weight is 583 g/mol. The summed E-state index contributed by atoms with van der Waals surface area (Å²) in [7, 11) is 0. The Balaban J connectivity index is 1.31. The van der Waals surface area contributed by atoms with E-state index in [4.69, 9.17) is 0 Å². The van der Waals surface area contributed by atoms with Crippen molar-refractivity contribution in [2.45, 2.75) is 0 Å². The fourth-order valence-electron chi connectivity index (χ4n) is 7.35. The van der Waals surface area contributed by atoms with Crippen molar-refractivity contribution >= 4 is 43.1 Å². The number of fused-ring (bicyclic) bond motifs is 6. The molecule has 0 heterocycles. The van der Waals surface area contributed by atoms with E-state index >= 15 is 0 Å². The molecule has 0 nitrogen and oxygen atoms in total. The van der Waals surface area contributed by atoms with Gasteiger partial charge in [0.1, 0.15) is 0 Å². The van der Waals surface area contributed by atoms with Crippen molar-refractivity contribution in [3.05, 3.63) is 182 Å². The minimum atomic E-state index is 1.22. The third-order valence-corrected chi connectivity index (χ3v) is 9.42.